The SMILES string of the molecule is CCc1c(N)n[nH]c1-c1cc(OC)ccc1Br. The minimum Gasteiger partial charge on any atom is -0.497 e. The Morgan fingerprint density at radius 2 is 2.24 bits per heavy atom. The molecule has 0 saturated heterocycles. The van der Waals surface area contributed by atoms with Gasteiger partial charge in [0.1, 0.15) is 11.6 Å². The molecular weight excluding hydrogens is 282 g/mol. The predicted molar refractivity (Wildman–Crippen MR) is 72.1 cm³/mol. The largest absolute Gasteiger partial charge is 0.497 e. The molecule has 0 aliphatic heterocycles. The molecule has 0 bridgehead atoms. The Morgan fingerprint density at radius 1 is 1.47 bits per heavy atom. The van der Waals surface area contributed by atoms with Crippen molar-refractivity contribution in [3.63, 3.8) is 0 Å². The number of hydrogen-bond donors (Lipinski definition) is 2. The van der Waals surface area contributed by atoms with Gasteiger partial charge in [0.25, 0.3) is 0 Å². The highest BCUT2D eigenvalue weighted by atomic mass is 79.9. The lowest BCUT2D eigenvalue weighted by atomic mass is 10.1. The maximum absolute atomic E-state index is 5.82. The van der Waals surface area contributed by atoms with Crippen LogP contribution in [0, 0.1) is 0 Å². The van der Waals surface area contributed by atoms with E-state index in [0.717, 1.165) is 33.5 Å². The van der Waals surface area contributed by atoms with Crippen molar-refractivity contribution in [2.45, 2.75) is 13.3 Å². The van der Waals surface area contributed by atoms with Gasteiger partial charge in [-0.3, -0.25) is 5.10 Å². The second-order valence-electron chi connectivity index (χ2n) is 3.66. The molecule has 0 radical (unpaired) electrons. The number of nitrogens with two attached hydrogens (primary N) is 1. The maximum atomic E-state index is 5.82. The third-order valence-electron chi connectivity index (χ3n) is 2.70. The van der Waals surface area contributed by atoms with E-state index >= 15 is 0 Å². The van der Waals surface area contributed by atoms with Crippen LogP contribution in [0.2, 0.25) is 0 Å². The van der Waals surface area contributed by atoms with Crippen LogP contribution in [0.5, 0.6) is 5.75 Å². The summed E-state index contributed by atoms with van der Waals surface area (Å²) in [5.74, 6) is 1.36. The molecule has 0 atom stereocenters. The molecule has 2 rings (SSSR count). The van der Waals surface area contributed by atoms with E-state index in [1.807, 2.05) is 18.2 Å². The number of H-pyrrole nitrogens is 1. The fraction of sp³-hybridized carbons (Fsp3) is 0.250. The molecule has 0 saturated carbocycles. The zero-order valence-electron chi connectivity index (χ0n) is 9.75. The molecule has 1 heterocycles. The Kier molecular flexibility index (Phi) is 3.38. The first kappa shape index (κ1) is 12.0. The van der Waals surface area contributed by atoms with E-state index in [4.69, 9.17) is 10.5 Å². The summed E-state index contributed by atoms with van der Waals surface area (Å²) in [5, 5.41) is 7.02. The maximum Gasteiger partial charge on any atom is 0.149 e. The predicted octanol–water partition coefficient (Wildman–Crippen LogP) is 2.99. The van der Waals surface area contributed by atoms with Gasteiger partial charge in [0.2, 0.25) is 0 Å². The van der Waals surface area contributed by atoms with Gasteiger partial charge < -0.3 is 10.5 Å². The van der Waals surface area contributed by atoms with Gasteiger partial charge >= 0.3 is 0 Å². The Balaban J connectivity index is 2.59. The summed E-state index contributed by atoms with van der Waals surface area (Å²) < 4.78 is 6.21. The number of nitrogen functional groups attached to an aromatic ring is 1. The first-order chi connectivity index (χ1) is 8.17. The van der Waals surface area contributed by atoms with E-state index in [-0.39, 0.29) is 0 Å². The van der Waals surface area contributed by atoms with Crippen LogP contribution in [-0.2, 0) is 6.42 Å². The third kappa shape index (κ3) is 2.15. The van der Waals surface area contributed by atoms with Gasteiger partial charge in [0.15, 0.2) is 0 Å². The Labute approximate surface area is 108 Å². The number of benzene rings is 1. The van der Waals surface area contributed by atoms with E-state index in [1.54, 1.807) is 7.11 Å². The van der Waals surface area contributed by atoms with Gasteiger partial charge in [0, 0.05) is 15.6 Å². The van der Waals surface area contributed by atoms with Crippen LogP contribution in [0.25, 0.3) is 11.3 Å². The average molecular weight is 296 g/mol. The van der Waals surface area contributed by atoms with Gasteiger partial charge in [-0.25, -0.2) is 0 Å². The van der Waals surface area contributed by atoms with E-state index in [2.05, 4.69) is 33.1 Å². The zero-order valence-corrected chi connectivity index (χ0v) is 11.3. The summed E-state index contributed by atoms with van der Waals surface area (Å²) in [6.45, 7) is 2.05. The molecule has 4 nitrogen and oxygen atoms in total. The molecular formula is C12H14BrN3O. The van der Waals surface area contributed by atoms with E-state index in [9.17, 15) is 0 Å². The molecule has 0 aliphatic rings. The molecule has 5 heteroatoms. The number of aromatic nitrogens is 2. The van der Waals surface area contributed by atoms with E-state index in [1.165, 1.54) is 0 Å². The lowest BCUT2D eigenvalue weighted by Gasteiger charge is -2.07. The Morgan fingerprint density at radius 3 is 2.88 bits per heavy atom. The Hall–Kier alpha value is -1.49. The van der Waals surface area contributed by atoms with Crippen LogP contribution in [0.4, 0.5) is 5.82 Å². The highest BCUT2D eigenvalue weighted by molar-refractivity contribution is 9.10. The van der Waals surface area contributed by atoms with Gasteiger partial charge in [0.05, 0.1) is 12.8 Å². The lowest BCUT2D eigenvalue weighted by molar-refractivity contribution is 0.415. The molecule has 0 fully saturated rings. The van der Waals surface area contributed by atoms with Crippen molar-refractivity contribution < 1.29 is 4.74 Å². The molecule has 0 aliphatic carbocycles. The molecule has 2 aromatic rings. The smallest absolute Gasteiger partial charge is 0.149 e. The number of aromatic amines is 1. The quantitative estimate of drug-likeness (QED) is 0.915. The number of nitrogens with one attached hydrogen (secondary N) is 1. The van der Waals surface area contributed by atoms with Gasteiger partial charge in [-0.05, 0) is 24.6 Å². The van der Waals surface area contributed by atoms with Crippen LogP contribution in [0.1, 0.15) is 12.5 Å². The van der Waals surface area contributed by atoms with Crippen molar-refractivity contribution in [3.05, 3.63) is 28.2 Å². The normalized spacial score (nSPS) is 10.5. The second-order valence-corrected chi connectivity index (χ2v) is 4.52. The number of rotatable bonds is 3. The molecule has 0 unspecified atom stereocenters. The zero-order chi connectivity index (χ0) is 12.4. The van der Waals surface area contributed by atoms with Crippen molar-refractivity contribution in [2.75, 3.05) is 12.8 Å². The average Bonchev–Trinajstić information content (AvgIpc) is 2.71. The van der Waals surface area contributed by atoms with Crippen LogP contribution >= 0.6 is 15.9 Å². The van der Waals surface area contributed by atoms with Crippen molar-refractivity contribution in [3.8, 4) is 17.0 Å². The summed E-state index contributed by atoms with van der Waals surface area (Å²) >= 11 is 3.52. The molecule has 1 aromatic carbocycles. The first-order valence-electron chi connectivity index (χ1n) is 5.34. The minimum absolute atomic E-state index is 0.553. The number of nitrogens with zero attached hydrogens (tertiary/aromatic N) is 1. The van der Waals surface area contributed by atoms with Crippen molar-refractivity contribution in [2.24, 2.45) is 0 Å². The van der Waals surface area contributed by atoms with Crippen molar-refractivity contribution >= 4 is 21.7 Å². The summed E-state index contributed by atoms with van der Waals surface area (Å²) in [6.07, 6.45) is 0.835. The highest BCUT2D eigenvalue weighted by Gasteiger charge is 2.14. The van der Waals surface area contributed by atoms with Gasteiger partial charge in [-0.2, -0.15) is 5.10 Å². The summed E-state index contributed by atoms with van der Waals surface area (Å²) in [7, 11) is 1.65. The molecule has 0 amide bonds. The van der Waals surface area contributed by atoms with E-state index < -0.39 is 0 Å². The molecule has 3 N–H and O–H groups in total. The summed E-state index contributed by atoms with van der Waals surface area (Å²) in [4.78, 5) is 0. The van der Waals surface area contributed by atoms with Crippen LogP contribution in [0.15, 0.2) is 22.7 Å². The fourth-order valence-electron chi connectivity index (χ4n) is 1.78. The minimum atomic E-state index is 0.553. The number of anilines is 1. The summed E-state index contributed by atoms with van der Waals surface area (Å²) in [5.41, 5.74) is 8.79. The fourth-order valence-corrected chi connectivity index (χ4v) is 2.23. The van der Waals surface area contributed by atoms with Crippen molar-refractivity contribution in [1.29, 1.82) is 0 Å². The lowest BCUT2D eigenvalue weighted by Crippen LogP contribution is -1.92. The first-order valence-corrected chi connectivity index (χ1v) is 6.13. The summed E-state index contributed by atoms with van der Waals surface area (Å²) in [6, 6.07) is 5.81. The Bertz CT molecular complexity index is 537. The van der Waals surface area contributed by atoms with Crippen LogP contribution < -0.4 is 10.5 Å². The van der Waals surface area contributed by atoms with E-state index in [0.29, 0.717) is 5.82 Å². The number of methoxy groups -OCH3 is 1. The number of halogens is 1. The molecule has 0 spiro atoms. The second kappa shape index (κ2) is 4.79. The standard InChI is InChI=1S/C12H14BrN3O/c1-3-8-11(15-16-12(8)14)9-6-7(17-2)4-5-10(9)13/h4-6H,3H2,1-2H3,(H3,14,15,16). The third-order valence-corrected chi connectivity index (χ3v) is 3.39. The van der Waals surface area contributed by atoms with Crippen LogP contribution in [-0.4, -0.2) is 17.3 Å². The number of ether oxygens (including phenoxy) is 1. The molecule has 17 heavy (non-hydrogen) atoms. The van der Waals surface area contributed by atoms with Gasteiger partial charge in [-0.1, -0.05) is 22.9 Å². The monoisotopic (exact) mass is 295 g/mol. The molecule has 1 aromatic heterocycles. The molecule has 90 valence electrons. The van der Waals surface area contributed by atoms with Crippen LogP contribution in [0.3, 0.4) is 0 Å². The van der Waals surface area contributed by atoms with Crippen molar-refractivity contribution in [1.82, 2.24) is 10.2 Å². The van der Waals surface area contributed by atoms with Gasteiger partial charge in [-0.15, -0.1) is 0 Å². The topological polar surface area (TPSA) is 63.9 Å². The highest BCUT2D eigenvalue weighted by Crippen LogP contribution is 2.34. The number of hydrogen-bond acceptors (Lipinski definition) is 3.